The molecule has 0 amide bonds. The Bertz CT molecular complexity index is 1400. The van der Waals surface area contributed by atoms with Gasteiger partial charge in [0.1, 0.15) is 15.9 Å². The molecule has 0 heterocycles. The lowest BCUT2D eigenvalue weighted by Gasteiger charge is -2.25. The molecule has 0 radical (unpaired) electrons. The van der Waals surface area contributed by atoms with E-state index in [-0.39, 0.29) is 6.29 Å². The van der Waals surface area contributed by atoms with Gasteiger partial charge in [-0.05, 0) is 119 Å². The van der Waals surface area contributed by atoms with Crippen molar-refractivity contribution in [3.8, 4) is 0 Å². The Morgan fingerprint density at radius 3 is 1.46 bits per heavy atom. The van der Waals surface area contributed by atoms with Crippen LogP contribution >= 0.6 is 26.9 Å². The largest absolute Gasteiger partial charge is 0.353 e. The molecule has 4 heteroatoms. The predicted octanol–water partition coefficient (Wildman–Crippen LogP) is 15.7. The van der Waals surface area contributed by atoms with Crippen molar-refractivity contribution in [3.05, 3.63) is 101 Å². The van der Waals surface area contributed by atoms with Gasteiger partial charge in [0.25, 0.3) is 0 Å². The highest BCUT2D eigenvalue weighted by atomic mass is 127. The van der Waals surface area contributed by atoms with E-state index in [9.17, 15) is 0 Å². The minimum Gasteiger partial charge on any atom is -0.353 e. The van der Waals surface area contributed by atoms with E-state index in [1.165, 1.54) is 173 Å². The molecular formula is C52H81IO2P+. The summed E-state index contributed by atoms with van der Waals surface area (Å²) >= 11 is 2.85. The molecule has 3 aromatic rings. The third kappa shape index (κ3) is 18.2. The first-order valence-electron chi connectivity index (χ1n) is 23.1. The van der Waals surface area contributed by atoms with Gasteiger partial charge >= 0.3 is 0 Å². The van der Waals surface area contributed by atoms with Crippen LogP contribution in [0.15, 0.2) is 78.9 Å². The monoisotopic (exact) mass is 896 g/mol. The highest BCUT2D eigenvalue weighted by Crippen LogP contribution is 2.65. The Balaban J connectivity index is 1.40. The third-order valence-electron chi connectivity index (χ3n) is 11.5. The maximum Gasteiger partial charge on any atom is 0.173 e. The fourth-order valence-corrected chi connectivity index (χ4v) is 16.2. The van der Waals surface area contributed by atoms with Crippen LogP contribution in [0.25, 0.3) is 0 Å². The topological polar surface area (TPSA) is 18.5 Å². The summed E-state index contributed by atoms with van der Waals surface area (Å²) < 4.78 is 12.6. The number of ether oxygens (including phenoxy) is 2. The van der Waals surface area contributed by atoms with Gasteiger partial charge in [0.15, 0.2) is 33.2 Å². The van der Waals surface area contributed by atoms with Crippen molar-refractivity contribution < 1.29 is 9.47 Å². The van der Waals surface area contributed by atoms with Crippen molar-refractivity contribution in [2.24, 2.45) is 0 Å². The van der Waals surface area contributed by atoms with Crippen molar-refractivity contribution in [1.82, 2.24) is 0 Å². The van der Waals surface area contributed by atoms with Gasteiger partial charge < -0.3 is 9.47 Å². The number of halogens is 1. The van der Waals surface area contributed by atoms with Crippen LogP contribution in [0.4, 0.5) is 0 Å². The first kappa shape index (κ1) is 48.8. The van der Waals surface area contributed by atoms with E-state index in [2.05, 4.69) is 136 Å². The normalized spacial score (nSPS) is 12.1. The molecule has 3 rings (SSSR count). The zero-order chi connectivity index (χ0) is 40.1. The second-order valence-corrected chi connectivity index (χ2v) is 23.3. The molecule has 0 aliphatic carbocycles. The summed E-state index contributed by atoms with van der Waals surface area (Å²) in [6, 6.07) is 25.2. The van der Waals surface area contributed by atoms with Crippen LogP contribution in [0.2, 0.25) is 0 Å². The summed E-state index contributed by atoms with van der Waals surface area (Å²) in [5.41, 5.74) is 5.76. The van der Waals surface area contributed by atoms with Gasteiger partial charge in [0.05, 0.1) is 0 Å². The van der Waals surface area contributed by atoms with Gasteiger partial charge in [-0.25, -0.2) is 0 Å². The molecule has 0 aliphatic rings. The summed E-state index contributed by atoms with van der Waals surface area (Å²) in [5, 5.41) is 4.51. The first-order chi connectivity index (χ1) is 27.4. The molecule has 0 spiro atoms. The molecule has 0 unspecified atom stereocenters. The maximum atomic E-state index is 6.32. The fraction of sp³-hybridized carbons (Fsp3) is 0.615. The highest BCUT2D eigenvalue weighted by molar-refractivity contribution is 14.2. The standard InChI is InChI=1S/C52H81IO2P/c1-6-8-10-12-14-20-24-32-43-54-52(55-44-33-25-21-15-13-11-9-7-2)42-27-23-19-17-16-18-22-26-37-48-38-34-41-51(47(48)5)56(53,49-39-30-28-35-45(49)3)50-40-31-29-36-46(50)4/h16,18,28-31,34-36,38-41,52H,6-15,17,19-27,32-33,37,42-44H2,1-5H3/q+1/b18-16-. The molecular weight excluding hydrogens is 814 g/mol. The first-order valence-corrected chi connectivity index (χ1v) is 27.7. The molecule has 0 aliphatic heterocycles. The molecule has 0 fully saturated rings. The van der Waals surface area contributed by atoms with Crippen molar-refractivity contribution >= 4 is 42.9 Å². The molecule has 3 aromatic carbocycles. The Hall–Kier alpha value is -1.52. The van der Waals surface area contributed by atoms with Gasteiger partial charge in [0.2, 0.25) is 0 Å². The molecule has 0 saturated heterocycles. The Kier molecular flexibility index (Phi) is 26.6. The van der Waals surface area contributed by atoms with Crippen LogP contribution in [0.5, 0.6) is 0 Å². The van der Waals surface area contributed by atoms with Crippen LogP contribution in [0.3, 0.4) is 0 Å². The molecule has 0 atom stereocenters. The van der Waals surface area contributed by atoms with Crippen molar-refractivity contribution in [3.63, 3.8) is 0 Å². The average Bonchev–Trinajstić information content (AvgIpc) is 3.20. The maximum absolute atomic E-state index is 6.32. The summed E-state index contributed by atoms with van der Waals surface area (Å²) in [5.74, 6) is 0. The van der Waals surface area contributed by atoms with Gasteiger partial charge in [0, 0.05) is 13.2 Å². The summed E-state index contributed by atoms with van der Waals surface area (Å²) in [6.07, 6.45) is 35.6. The number of hydrogen-bond acceptors (Lipinski definition) is 2. The zero-order valence-electron chi connectivity index (χ0n) is 36.6. The molecule has 0 saturated carbocycles. The number of benzene rings is 3. The average molecular weight is 896 g/mol. The van der Waals surface area contributed by atoms with Gasteiger partial charge in [-0.2, -0.15) is 0 Å². The zero-order valence-corrected chi connectivity index (χ0v) is 39.7. The van der Waals surface area contributed by atoms with Crippen LogP contribution in [0, 0.1) is 20.8 Å². The molecule has 0 aromatic heterocycles. The number of unbranched alkanes of at least 4 members (excludes halogenated alkanes) is 18. The minimum absolute atomic E-state index is 0.0189. The smallest absolute Gasteiger partial charge is 0.173 e. The second kappa shape index (κ2) is 30.5. The number of rotatable bonds is 33. The van der Waals surface area contributed by atoms with Gasteiger partial charge in [-0.3, -0.25) is 0 Å². The molecule has 56 heavy (non-hydrogen) atoms. The SMILES string of the molecule is CCCCCCCCCCOC(CCCCC/C=C\CCCc1cccc([P+](I)(c2ccccc2C)c2ccccc2C)c1C)OCCCCCCCCCC. The molecule has 0 N–H and O–H groups in total. The lowest BCUT2D eigenvalue weighted by molar-refractivity contribution is -0.148. The summed E-state index contributed by atoms with van der Waals surface area (Å²) in [6.45, 7) is 13.2. The van der Waals surface area contributed by atoms with Crippen LogP contribution < -0.4 is 15.9 Å². The summed E-state index contributed by atoms with van der Waals surface area (Å²) in [7, 11) is 0. The van der Waals surface area contributed by atoms with Gasteiger partial charge in [-0.1, -0.05) is 171 Å². The van der Waals surface area contributed by atoms with E-state index < -0.39 is 4.90 Å². The highest BCUT2D eigenvalue weighted by Gasteiger charge is 2.46. The summed E-state index contributed by atoms with van der Waals surface area (Å²) in [4.78, 5) is -1.82. The Morgan fingerprint density at radius 2 is 0.946 bits per heavy atom. The predicted molar refractivity (Wildman–Crippen MR) is 259 cm³/mol. The van der Waals surface area contributed by atoms with Crippen molar-refractivity contribution in [2.75, 3.05) is 13.2 Å². The van der Waals surface area contributed by atoms with Gasteiger partial charge in [-0.15, -0.1) is 0 Å². The lowest BCUT2D eigenvalue weighted by atomic mass is 10.0. The van der Waals surface area contributed by atoms with E-state index in [1.54, 1.807) is 0 Å². The third-order valence-corrected chi connectivity index (χ3v) is 19.7. The number of hydrogen-bond donors (Lipinski definition) is 0. The van der Waals surface area contributed by atoms with Crippen molar-refractivity contribution in [1.29, 1.82) is 0 Å². The van der Waals surface area contributed by atoms with E-state index in [4.69, 9.17) is 9.47 Å². The Labute approximate surface area is 359 Å². The van der Waals surface area contributed by atoms with Crippen LogP contribution in [-0.2, 0) is 15.9 Å². The number of aryl methyl sites for hydroxylation is 3. The van der Waals surface area contributed by atoms with Crippen LogP contribution in [0.1, 0.15) is 184 Å². The minimum atomic E-state index is -1.82. The Morgan fingerprint density at radius 1 is 0.500 bits per heavy atom. The van der Waals surface area contributed by atoms with E-state index in [0.717, 1.165) is 32.5 Å². The molecule has 2 nitrogen and oxygen atoms in total. The fourth-order valence-electron chi connectivity index (χ4n) is 7.99. The van der Waals surface area contributed by atoms with Crippen LogP contribution in [-0.4, -0.2) is 19.5 Å². The van der Waals surface area contributed by atoms with E-state index >= 15 is 0 Å². The van der Waals surface area contributed by atoms with E-state index in [1.807, 2.05) is 0 Å². The van der Waals surface area contributed by atoms with Crippen molar-refractivity contribution in [2.45, 2.75) is 195 Å². The quantitative estimate of drug-likeness (QED) is 0.0199. The number of allylic oxidation sites excluding steroid dienone is 2. The lowest BCUT2D eigenvalue weighted by Crippen LogP contribution is -2.31. The molecule has 0 bridgehead atoms. The molecule has 312 valence electrons. The second-order valence-electron chi connectivity index (χ2n) is 16.3. The van der Waals surface area contributed by atoms with E-state index in [0.29, 0.717) is 0 Å².